The first-order valence-corrected chi connectivity index (χ1v) is 11.4. The molecule has 0 amide bonds. The zero-order chi connectivity index (χ0) is 21.5. The lowest BCUT2D eigenvalue weighted by Crippen LogP contribution is -2.07. The van der Waals surface area contributed by atoms with Crippen molar-refractivity contribution in [1.82, 2.24) is 9.78 Å². The lowest BCUT2D eigenvalue weighted by atomic mass is 10.1. The van der Waals surface area contributed by atoms with Crippen LogP contribution >= 0.6 is 11.3 Å². The first kappa shape index (κ1) is 20.4. The lowest BCUT2D eigenvalue weighted by Gasteiger charge is -2.05. The van der Waals surface area contributed by atoms with Crippen LogP contribution in [0.4, 0.5) is 13.2 Å². The molecule has 4 rings (SSSR count). The maximum Gasteiger partial charge on any atom is 0.435 e. The Morgan fingerprint density at radius 1 is 1.03 bits per heavy atom. The van der Waals surface area contributed by atoms with Crippen LogP contribution in [0.1, 0.15) is 5.69 Å². The second kappa shape index (κ2) is 7.41. The molecule has 0 N–H and O–H groups in total. The molecular formula is C21H14F3N2O2S2. The van der Waals surface area contributed by atoms with Gasteiger partial charge in [0.05, 0.1) is 21.2 Å². The fourth-order valence-electron chi connectivity index (χ4n) is 2.92. The van der Waals surface area contributed by atoms with E-state index in [2.05, 4.69) is 11.2 Å². The molecule has 0 saturated heterocycles. The predicted octanol–water partition coefficient (Wildman–Crippen LogP) is 5.49. The number of sulfone groups is 1. The molecule has 0 unspecified atom stereocenters. The van der Waals surface area contributed by atoms with E-state index in [0.717, 1.165) is 12.3 Å². The second-order valence-electron chi connectivity index (χ2n) is 6.57. The molecule has 4 aromatic rings. The fourth-order valence-corrected chi connectivity index (χ4v) is 4.51. The van der Waals surface area contributed by atoms with E-state index in [0.29, 0.717) is 21.7 Å². The number of nitrogens with zero attached hydrogens (tertiary/aromatic N) is 2. The van der Waals surface area contributed by atoms with Crippen LogP contribution in [0.25, 0.3) is 27.4 Å². The van der Waals surface area contributed by atoms with Gasteiger partial charge in [0.1, 0.15) is 0 Å². The Labute approximate surface area is 175 Å². The Morgan fingerprint density at radius 3 is 2.50 bits per heavy atom. The third-order valence-electron chi connectivity index (χ3n) is 4.37. The molecule has 0 spiro atoms. The van der Waals surface area contributed by atoms with Gasteiger partial charge in [-0.15, -0.1) is 11.3 Å². The number of rotatable bonds is 4. The van der Waals surface area contributed by atoms with Crippen molar-refractivity contribution in [1.29, 1.82) is 0 Å². The Bertz CT molecular complexity index is 1310. The van der Waals surface area contributed by atoms with Gasteiger partial charge in [-0.25, -0.2) is 13.1 Å². The highest BCUT2D eigenvalue weighted by Gasteiger charge is 2.35. The Balaban J connectivity index is 1.81. The topological polar surface area (TPSA) is 52.0 Å². The van der Waals surface area contributed by atoms with E-state index in [9.17, 15) is 21.6 Å². The zero-order valence-corrected chi connectivity index (χ0v) is 17.1. The van der Waals surface area contributed by atoms with Gasteiger partial charge in [-0.2, -0.15) is 18.3 Å². The minimum absolute atomic E-state index is 0.177. The lowest BCUT2D eigenvalue weighted by molar-refractivity contribution is -0.141. The minimum atomic E-state index is -4.58. The van der Waals surface area contributed by atoms with Crippen molar-refractivity contribution in [3.63, 3.8) is 0 Å². The molecule has 0 aliphatic rings. The van der Waals surface area contributed by atoms with Crippen molar-refractivity contribution < 1.29 is 21.6 Å². The summed E-state index contributed by atoms with van der Waals surface area (Å²) in [5, 5.41) is 5.52. The molecule has 0 aliphatic carbocycles. The van der Waals surface area contributed by atoms with Gasteiger partial charge in [0.15, 0.2) is 15.5 Å². The molecule has 0 fully saturated rings. The summed E-state index contributed by atoms with van der Waals surface area (Å²) < 4.78 is 64.8. The third kappa shape index (κ3) is 4.03. The van der Waals surface area contributed by atoms with Crippen molar-refractivity contribution in [2.75, 3.05) is 6.26 Å². The summed E-state index contributed by atoms with van der Waals surface area (Å²) >= 11 is 1.25. The molecule has 0 atom stereocenters. The van der Waals surface area contributed by atoms with Gasteiger partial charge in [-0.1, -0.05) is 30.3 Å². The van der Waals surface area contributed by atoms with Crippen molar-refractivity contribution in [3.05, 3.63) is 77.8 Å². The molecule has 9 heteroatoms. The number of thiophene rings is 1. The smallest absolute Gasteiger partial charge is 0.231 e. The van der Waals surface area contributed by atoms with Crippen LogP contribution in [0.5, 0.6) is 0 Å². The first-order valence-electron chi connectivity index (χ1n) is 8.67. The van der Waals surface area contributed by atoms with Crippen LogP contribution in [-0.4, -0.2) is 24.5 Å². The molecule has 1 radical (unpaired) electrons. The van der Waals surface area contributed by atoms with Crippen LogP contribution in [0.2, 0.25) is 0 Å². The second-order valence-corrected chi connectivity index (χ2v) is 9.50. The summed E-state index contributed by atoms with van der Waals surface area (Å²) in [6.07, 6.45) is -3.46. The molecule has 0 aliphatic heterocycles. The van der Waals surface area contributed by atoms with E-state index in [-0.39, 0.29) is 10.6 Å². The van der Waals surface area contributed by atoms with Gasteiger partial charge in [0.2, 0.25) is 0 Å². The number of benzene rings is 2. The number of aromatic nitrogens is 2. The Morgan fingerprint density at radius 2 is 1.83 bits per heavy atom. The van der Waals surface area contributed by atoms with Crippen LogP contribution in [0, 0.1) is 6.07 Å². The van der Waals surface area contributed by atoms with Crippen molar-refractivity contribution in [3.8, 4) is 27.4 Å². The third-order valence-corrected chi connectivity index (χ3v) is 6.43. The number of hydrogen-bond donors (Lipinski definition) is 0. The maximum absolute atomic E-state index is 13.3. The van der Waals surface area contributed by atoms with Gasteiger partial charge in [-0.3, -0.25) is 0 Å². The SMILES string of the molecule is CS(=O)(=O)c1cccc(-c2csc(-c3cc(C(F)(F)F)nn3-c3[c]cccc3)c2)c1. The monoisotopic (exact) mass is 447 g/mol. The summed E-state index contributed by atoms with van der Waals surface area (Å²) in [4.78, 5) is 0.742. The van der Waals surface area contributed by atoms with E-state index < -0.39 is 21.7 Å². The summed E-state index contributed by atoms with van der Waals surface area (Å²) in [5.41, 5.74) is 1.04. The number of para-hydroxylation sites is 1. The molecule has 2 aromatic heterocycles. The highest BCUT2D eigenvalue weighted by molar-refractivity contribution is 7.90. The average molecular weight is 447 g/mol. The zero-order valence-electron chi connectivity index (χ0n) is 15.5. The van der Waals surface area contributed by atoms with Gasteiger partial charge < -0.3 is 0 Å². The summed E-state index contributed by atoms with van der Waals surface area (Å²) in [6, 6.07) is 18.7. The normalized spacial score (nSPS) is 12.3. The van der Waals surface area contributed by atoms with Gasteiger partial charge in [0.25, 0.3) is 0 Å². The molecular weight excluding hydrogens is 433 g/mol. The summed E-state index contributed by atoms with van der Waals surface area (Å²) in [6.45, 7) is 0. The van der Waals surface area contributed by atoms with E-state index in [1.54, 1.807) is 53.9 Å². The van der Waals surface area contributed by atoms with Crippen molar-refractivity contribution in [2.24, 2.45) is 0 Å². The number of halogens is 3. The predicted molar refractivity (Wildman–Crippen MR) is 109 cm³/mol. The van der Waals surface area contributed by atoms with Gasteiger partial charge in [0, 0.05) is 12.3 Å². The standard InChI is InChI=1S/C21H14F3N2O2S2/c1-30(27,28)17-9-5-6-14(10-17)15-11-19(29-13-15)18-12-20(21(22,23)24)25-26(18)16-7-3-2-4-8-16/h2-7,9-13H,1H3. The maximum atomic E-state index is 13.3. The van der Waals surface area contributed by atoms with Crippen LogP contribution in [0.3, 0.4) is 0 Å². The largest absolute Gasteiger partial charge is 0.435 e. The van der Waals surface area contributed by atoms with Gasteiger partial charge in [-0.05, 0) is 46.8 Å². The molecule has 0 bridgehead atoms. The van der Waals surface area contributed by atoms with Crippen LogP contribution < -0.4 is 0 Å². The van der Waals surface area contributed by atoms with Crippen molar-refractivity contribution >= 4 is 21.2 Å². The van der Waals surface area contributed by atoms with E-state index >= 15 is 0 Å². The fraction of sp³-hybridized carbons (Fsp3) is 0.0952. The van der Waals surface area contributed by atoms with E-state index in [1.807, 2.05) is 0 Å². The summed E-state index contributed by atoms with van der Waals surface area (Å²) in [5.74, 6) is 0. The van der Waals surface area contributed by atoms with Crippen molar-refractivity contribution in [2.45, 2.75) is 11.1 Å². The molecule has 0 saturated carbocycles. The molecule has 2 aromatic carbocycles. The number of alkyl halides is 3. The van der Waals surface area contributed by atoms with E-state index in [4.69, 9.17) is 0 Å². The Hall–Kier alpha value is -2.91. The molecule has 2 heterocycles. The first-order chi connectivity index (χ1) is 14.1. The van der Waals surface area contributed by atoms with Gasteiger partial charge >= 0.3 is 6.18 Å². The molecule has 30 heavy (non-hydrogen) atoms. The Kier molecular flexibility index (Phi) is 5.03. The molecule has 153 valence electrons. The van der Waals surface area contributed by atoms with Crippen LogP contribution in [0.15, 0.2) is 70.9 Å². The molecule has 4 nitrogen and oxygen atoms in total. The minimum Gasteiger partial charge on any atom is -0.231 e. The average Bonchev–Trinajstić information content (AvgIpc) is 3.35. The number of hydrogen-bond acceptors (Lipinski definition) is 4. The quantitative estimate of drug-likeness (QED) is 0.416. The highest BCUT2D eigenvalue weighted by Crippen LogP contribution is 2.37. The highest BCUT2D eigenvalue weighted by atomic mass is 32.2. The van der Waals surface area contributed by atoms with Crippen LogP contribution in [-0.2, 0) is 16.0 Å². The summed E-state index contributed by atoms with van der Waals surface area (Å²) in [7, 11) is -3.37. The van der Waals surface area contributed by atoms with E-state index in [1.165, 1.54) is 22.1 Å².